The highest BCUT2D eigenvalue weighted by molar-refractivity contribution is 6.12. The van der Waals surface area contributed by atoms with Crippen molar-refractivity contribution in [3.05, 3.63) is 112 Å². The molecule has 1 unspecified atom stereocenters. The molecule has 4 aromatic rings. The minimum atomic E-state index is -1.31. The largest absolute Gasteiger partial charge is 0.435 e. The number of nitrogens with zero attached hydrogens (tertiary/aromatic N) is 2. The normalized spacial score (nSPS) is 13.1. The maximum atomic E-state index is 14.3. The zero-order valence-corrected chi connectivity index (χ0v) is 27.9. The number of benzene rings is 3. The number of carbonyl (C=O) groups excluding carboxylic acids is 2. The molecule has 10 nitrogen and oxygen atoms in total. The summed E-state index contributed by atoms with van der Waals surface area (Å²) < 4.78 is 27.2. The van der Waals surface area contributed by atoms with Crippen LogP contribution >= 0.6 is 0 Å². The Labute approximate surface area is 279 Å². The second kappa shape index (κ2) is 16.7. The first-order chi connectivity index (χ1) is 23.0. The van der Waals surface area contributed by atoms with Crippen molar-refractivity contribution < 1.29 is 33.4 Å². The molecular weight excluding hydrogens is 617 g/mol. The van der Waals surface area contributed by atoms with Crippen molar-refractivity contribution in [3.63, 3.8) is 0 Å². The second-order valence-electron chi connectivity index (χ2n) is 12.1. The van der Waals surface area contributed by atoms with Gasteiger partial charge < -0.3 is 19.4 Å². The molecule has 0 spiro atoms. The maximum Gasteiger partial charge on any atom is 0.308 e. The van der Waals surface area contributed by atoms with Crippen molar-refractivity contribution in [2.75, 3.05) is 12.4 Å². The number of aromatic nitrogens is 1. The quantitative estimate of drug-likeness (QED) is 0.0556. The number of ether oxygens (including phenoxy) is 2. The van der Waals surface area contributed by atoms with Crippen molar-refractivity contribution in [3.8, 4) is 22.4 Å². The predicted molar refractivity (Wildman–Crippen MR) is 181 cm³/mol. The zero-order chi connectivity index (χ0) is 34.8. The summed E-state index contributed by atoms with van der Waals surface area (Å²) in [6.45, 7) is 7.70. The summed E-state index contributed by atoms with van der Waals surface area (Å²) in [5.74, 6) is -1.47. The van der Waals surface area contributed by atoms with Crippen LogP contribution in [0.5, 0.6) is 0 Å². The molecule has 0 aliphatic carbocycles. The Balaban J connectivity index is 1.74. The number of hydrogen-bond acceptors (Lipinski definition) is 7. The Morgan fingerprint density at radius 2 is 1.54 bits per heavy atom. The number of methoxy groups -OCH3 is 1. The number of nitrogens with one attached hydrogen (secondary N) is 1. The highest BCUT2D eigenvalue weighted by atomic mass is 19.1. The van der Waals surface area contributed by atoms with Gasteiger partial charge in [-0.05, 0) is 79.1 Å². The number of anilines is 1. The summed E-state index contributed by atoms with van der Waals surface area (Å²) in [5.41, 5.74) is 5.17. The average Bonchev–Trinajstić information content (AvgIpc) is 3.39. The molecule has 254 valence electrons. The summed E-state index contributed by atoms with van der Waals surface area (Å²) >= 11 is 0. The van der Waals surface area contributed by atoms with Gasteiger partial charge in [-0.3, -0.25) is 14.4 Å². The highest BCUT2D eigenvalue weighted by Crippen LogP contribution is 2.42. The van der Waals surface area contributed by atoms with Gasteiger partial charge in [0.1, 0.15) is 5.82 Å². The van der Waals surface area contributed by atoms with Crippen LogP contribution < -0.4 is 5.32 Å². The van der Waals surface area contributed by atoms with Crippen molar-refractivity contribution in [2.45, 2.75) is 71.8 Å². The summed E-state index contributed by atoms with van der Waals surface area (Å²) in [6.07, 6.45) is -0.515. The lowest BCUT2D eigenvalue weighted by Crippen LogP contribution is -2.24. The predicted octanol–water partition coefficient (Wildman–Crippen LogP) is 8.26. The van der Waals surface area contributed by atoms with E-state index < -0.39 is 17.3 Å². The molecule has 0 saturated heterocycles. The van der Waals surface area contributed by atoms with Crippen LogP contribution in [-0.2, 0) is 25.7 Å². The Bertz CT molecular complexity index is 1670. The molecular formula is C37H42FN3O7. The molecule has 0 aliphatic rings. The molecule has 1 amide bonds. The van der Waals surface area contributed by atoms with Crippen LogP contribution in [0.15, 0.2) is 84.9 Å². The fraction of sp³-hybridized carbons (Fsp3) is 0.351. The van der Waals surface area contributed by atoms with Gasteiger partial charge in [-0.25, -0.2) is 4.39 Å². The van der Waals surface area contributed by atoms with Gasteiger partial charge in [0.05, 0.1) is 17.4 Å². The topological polar surface area (TPSA) is 122 Å². The lowest BCUT2D eigenvalue weighted by Gasteiger charge is -2.23. The van der Waals surface area contributed by atoms with Crippen LogP contribution in [0.1, 0.15) is 68.9 Å². The fourth-order valence-corrected chi connectivity index (χ4v) is 6.01. The molecule has 4 rings (SSSR count). The first-order valence-corrected chi connectivity index (χ1v) is 16.0. The lowest BCUT2D eigenvalue weighted by atomic mass is 9.94. The van der Waals surface area contributed by atoms with E-state index in [1.807, 2.05) is 81.4 Å². The SMILES string of the molecule is CO[C@H](CCn1c(-c2ccc(F)cc2)c(-c2ccccc2)c(C(=O)Nc2ccccc2)c1C(C)C)C[C@@H](C)CC(=O)OC(C)O[N+](=O)[O-]. The van der Waals surface area contributed by atoms with E-state index in [1.165, 1.54) is 19.1 Å². The third-order valence-corrected chi connectivity index (χ3v) is 8.01. The van der Waals surface area contributed by atoms with Gasteiger partial charge in [0.2, 0.25) is 6.29 Å². The minimum absolute atomic E-state index is 0.0226. The maximum absolute atomic E-state index is 14.3. The summed E-state index contributed by atoms with van der Waals surface area (Å²) in [7, 11) is 1.61. The number of carbonyl (C=O) groups is 2. The Kier molecular flexibility index (Phi) is 12.5. The summed E-state index contributed by atoms with van der Waals surface area (Å²) in [5, 5.41) is 12.6. The van der Waals surface area contributed by atoms with Gasteiger partial charge in [-0.15, -0.1) is 10.1 Å². The molecule has 3 atom stereocenters. The molecule has 0 saturated carbocycles. The van der Waals surface area contributed by atoms with E-state index in [-0.39, 0.29) is 36.1 Å². The van der Waals surface area contributed by atoms with E-state index in [0.29, 0.717) is 30.6 Å². The van der Waals surface area contributed by atoms with Crippen molar-refractivity contribution in [1.82, 2.24) is 4.57 Å². The number of halogens is 1. The van der Waals surface area contributed by atoms with Crippen molar-refractivity contribution >= 4 is 17.6 Å². The zero-order valence-electron chi connectivity index (χ0n) is 27.9. The lowest BCUT2D eigenvalue weighted by molar-refractivity contribution is -0.777. The molecule has 0 bridgehead atoms. The molecule has 11 heteroatoms. The van der Waals surface area contributed by atoms with E-state index in [4.69, 9.17) is 9.47 Å². The van der Waals surface area contributed by atoms with Crippen LogP contribution in [0, 0.1) is 21.8 Å². The molecule has 1 heterocycles. The molecule has 48 heavy (non-hydrogen) atoms. The third kappa shape index (κ3) is 9.28. The molecule has 1 aromatic heterocycles. The highest BCUT2D eigenvalue weighted by Gasteiger charge is 2.31. The van der Waals surface area contributed by atoms with Crippen LogP contribution in [0.4, 0.5) is 10.1 Å². The first kappa shape index (κ1) is 35.8. The van der Waals surface area contributed by atoms with Crippen LogP contribution in [0.3, 0.4) is 0 Å². The van der Waals surface area contributed by atoms with E-state index in [0.717, 1.165) is 28.1 Å². The first-order valence-electron chi connectivity index (χ1n) is 16.0. The Morgan fingerprint density at radius 1 is 0.917 bits per heavy atom. The number of amides is 1. The van der Waals surface area contributed by atoms with Gasteiger partial charge >= 0.3 is 5.97 Å². The van der Waals surface area contributed by atoms with Crippen molar-refractivity contribution in [1.29, 1.82) is 0 Å². The summed E-state index contributed by atoms with van der Waals surface area (Å²) in [4.78, 5) is 41.5. The van der Waals surface area contributed by atoms with Crippen molar-refractivity contribution in [2.24, 2.45) is 5.92 Å². The van der Waals surface area contributed by atoms with Crippen LogP contribution in [0.2, 0.25) is 0 Å². The number of rotatable bonds is 16. The van der Waals surface area contributed by atoms with Gasteiger partial charge in [0.25, 0.3) is 11.0 Å². The third-order valence-electron chi connectivity index (χ3n) is 8.01. The van der Waals surface area contributed by atoms with E-state index in [2.05, 4.69) is 14.7 Å². The van der Waals surface area contributed by atoms with E-state index in [1.54, 1.807) is 19.2 Å². The Hall–Kier alpha value is -5.03. The van der Waals surface area contributed by atoms with E-state index >= 15 is 0 Å². The Morgan fingerprint density at radius 3 is 2.12 bits per heavy atom. The van der Waals surface area contributed by atoms with Gasteiger partial charge in [0, 0.05) is 37.0 Å². The average molecular weight is 660 g/mol. The minimum Gasteiger partial charge on any atom is -0.435 e. The fourth-order valence-electron chi connectivity index (χ4n) is 6.01. The molecule has 0 fully saturated rings. The molecule has 0 radical (unpaired) electrons. The van der Waals surface area contributed by atoms with E-state index in [9.17, 15) is 24.1 Å². The smallest absolute Gasteiger partial charge is 0.308 e. The second-order valence-corrected chi connectivity index (χ2v) is 12.1. The summed E-state index contributed by atoms with van der Waals surface area (Å²) in [6, 6.07) is 25.2. The van der Waals surface area contributed by atoms with Gasteiger partial charge in [-0.2, -0.15) is 0 Å². The van der Waals surface area contributed by atoms with Gasteiger partial charge in [-0.1, -0.05) is 69.3 Å². The molecule has 3 aromatic carbocycles. The van der Waals surface area contributed by atoms with Crippen LogP contribution in [0.25, 0.3) is 22.4 Å². The standard InChI is InChI=1S/C37H42FN3O7/c1-24(2)35-34(37(43)39-30-14-10-7-11-15-30)33(27-12-8-6-9-13-27)36(28-16-18-29(38)19-17-28)40(35)21-20-31(46-5)22-25(3)23-32(42)47-26(4)48-41(44)45/h6-19,24-26,31H,20-23H2,1-5H3,(H,39,43)/t25-,26?,31-/m1/s1. The monoisotopic (exact) mass is 659 g/mol. The van der Waals surface area contributed by atoms with Gasteiger partial charge in [0.15, 0.2) is 0 Å². The van der Waals surface area contributed by atoms with Crippen LogP contribution in [-0.4, -0.2) is 41.0 Å². The molecule has 1 N–H and O–H groups in total. The molecule has 0 aliphatic heterocycles. The number of hydrogen-bond donors (Lipinski definition) is 1. The number of esters is 1. The number of para-hydroxylation sites is 1.